The number of imide groups is 2. The number of carbonyl (C=O) groups excluding carboxylic acids is 3. The van der Waals surface area contributed by atoms with E-state index in [2.05, 4.69) is 5.32 Å². The molecule has 1 atom stereocenters. The van der Waals surface area contributed by atoms with Gasteiger partial charge in [0.15, 0.2) is 0 Å². The van der Waals surface area contributed by atoms with Crippen molar-refractivity contribution >= 4 is 17.8 Å². The first kappa shape index (κ1) is 14.4. The average Bonchev–Trinajstić information content (AvgIpc) is 2.25. The molecule has 1 saturated heterocycles. The lowest BCUT2D eigenvalue weighted by molar-refractivity contribution is -0.153. The van der Waals surface area contributed by atoms with E-state index in [-0.39, 0.29) is 5.92 Å². The summed E-state index contributed by atoms with van der Waals surface area (Å²) in [4.78, 5) is 36.9. The predicted octanol–water partition coefficient (Wildman–Crippen LogP) is 1.69. The molecule has 1 aliphatic heterocycles. The molecule has 1 rings (SSSR count). The topological polar surface area (TPSA) is 66.5 Å². The molecule has 1 fully saturated rings. The van der Waals surface area contributed by atoms with Crippen LogP contribution in [0.15, 0.2) is 11.6 Å². The number of allylic oxidation sites excluding steroid dienone is 2. The van der Waals surface area contributed by atoms with Crippen LogP contribution in [0.5, 0.6) is 0 Å². The van der Waals surface area contributed by atoms with E-state index in [0.717, 1.165) is 10.5 Å². The van der Waals surface area contributed by atoms with Gasteiger partial charge in [0.05, 0.1) is 0 Å². The minimum Gasteiger partial charge on any atom is -0.277 e. The van der Waals surface area contributed by atoms with Gasteiger partial charge in [-0.1, -0.05) is 25.5 Å². The number of nitrogens with zero attached hydrogens (tertiary/aromatic N) is 1. The summed E-state index contributed by atoms with van der Waals surface area (Å²) in [7, 11) is 1.39. The van der Waals surface area contributed by atoms with Crippen molar-refractivity contribution < 1.29 is 14.4 Å². The van der Waals surface area contributed by atoms with Gasteiger partial charge in [0.1, 0.15) is 5.41 Å². The highest BCUT2D eigenvalue weighted by Gasteiger charge is 2.54. The summed E-state index contributed by atoms with van der Waals surface area (Å²) in [5.74, 6) is -1.11. The Hall–Kier alpha value is -1.65. The van der Waals surface area contributed by atoms with Gasteiger partial charge in [0.2, 0.25) is 11.8 Å². The van der Waals surface area contributed by atoms with Crippen LogP contribution in [0.4, 0.5) is 4.79 Å². The highest BCUT2D eigenvalue weighted by atomic mass is 16.2. The standard InChI is InChI=1S/C13H20N2O3/c1-8(2)6-7-13(9(3)4)10(16)14-12(18)15(5)11(13)17/h6,9H,7H2,1-5H3,(H,14,16,18). The van der Waals surface area contributed by atoms with E-state index in [1.807, 2.05) is 33.8 Å². The summed E-state index contributed by atoms with van der Waals surface area (Å²) in [6.07, 6.45) is 2.18. The number of urea groups is 1. The Bertz CT molecular complexity index is 422. The average molecular weight is 252 g/mol. The van der Waals surface area contributed by atoms with Gasteiger partial charge in [-0.3, -0.25) is 19.8 Å². The molecule has 5 nitrogen and oxygen atoms in total. The van der Waals surface area contributed by atoms with Crippen molar-refractivity contribution in [3.05, 3.63) is 11.6 Å². The lowest BCUT2D eigenvalue weighted by atomic mass is 9.71. The molecule has 1 heterocycles. The number of rotatable bonds is 3. The molecular formula is C13H20N2O3. The van der Waals surface area contributed by atoms with Gasteiger partial charge in [0, 0.05) is 7.05 Å². The third-order valence-corrected chi connectivity index (χ3v) is 3.43. The van der Waals surface area contributed by atoms with Gasteiger partial charge in [-0.2, -0.15) is 0 Å². The van der Waals surface area contributed by atoms with Crippen molar-refractivity contribution in [3.8, 4) is 0 Å². The van der Waals surface area contributed by atoms with E-state index in [4.69, 9.17) is 0 Å². The maximum absolute atomic E-state index is 12.3. The summed E-state index contributed by atoms with van der Waals surface area (Å²) in [6.45, 7) is 7.46. The molecule has 0 bridgehead atoms. The Morgan fingerprint density at radius 2 is 1.89 bits per heavy atom. The lowest BCUT2D eigenvalue weighted by Gasteiger charge is -2.40. The largest absolute Gasteiger partial charge is 0.330 e. The zero-order valence-electron chi connectivity index (χ0n) is 11.5. The number of carbonyl (C=O) groups is 3. The van der Waals surface area contributed by atoms with Crippen molar-refractivity contribution in [1.82, 2.24) is 10.2 Å². The Morgan fingerprint density at radius 3 is 2.33 bits per heavy atom. The zero-order valence-corrected chi connectivity index (χ0v) is 11.5. The van der Waals surface area contributed by atoms with Gasteiger partial charge >= 0.3 is 6.03 Å². The fourth-order valence-corrected chi connectivity index (χ4v) is 2.07. The third kappa shape index (κ3) is 2.17. The van der Waals surface area contributed by atoms with Crippen molar-refractivity contribution in [2.75, 3.05) is 7.05 Å². The number of hydrogen-bond donors (Lipinski definition) is 1. The van der Waals surface area contributed by atoms with E-state index in [1.54, 1.807) is 0 Å². The van der Waals surface area contributed by atoms with Crippen LogP contribution in [0, 0.1) is 11.3 Å². The summed E-state index contributed by atoms with van der Waals surface area (Å²) in [5.41, 5.74) is -0.143. The summed E-state index contributed by atoms with van der Waals surface area (Å²) in [5, 5.41) is 2.25. The van der Waals surface area contributed by atoms with Crippen LogP contribution in [-0.4, -0.2) is 29.8 Å². The predicted molar refractivity (Wildman–Crippen MR) is 67.6 cm³/mol. The fraction of sp³-hybridized carbons (Fsp3) is 0.615. The summed E-state index contributed by atoms with van der Waals surface area (Å²) in [6, 6.07) is -0.654. The maximum atomic E-state index is 12.3. The van der Waals surface area contributed by atoms with Crippen LogP contribution >= 0.6 is 0 Å². The smallest absolute Gasteiger partial charge is 0.277 e. The van der Waals surface area contributed by atoms with Crippen molar-refractivity contribution in [3.63, 3.8) is 0 Å². The Balaban J connectivity index is 3.24. The molecule has 0 aromatic heterocycles. The molecular weight excluding hydrogens is 232 g/mol. The van der Waals surface area contributed by atoms with E-state index in [1.165, 1.54) is 7.05 Å². The first-order chi connectivity index (χ1) is 8.23. The van der Waals surface area contributed by atoms with Gasteiger partial charge in [-0.05, 0) is 26.2 Å². The van der Waals surface area contributed by atoms with Crippen LogP contribution in [0.2, 0.25) is 0 Å². The third-order valence-electron chi connectivity index (χ3n) is 3.43. The molecule has 1 N–H and O–H groups in total. The minimum absolute atomic E-state index is 0.184. The Labute approximate surface area is 107 Å². The van der Waals surface area contributed by atoms with Gasteiger partial charge in [0.25, 0.3) is 0 Å². The molecule has 0 radical (unpaired) electrons. The van der Waals surface area contributed by atoms with Gasteiger partial charge in [-0.25, -0.2) is 4.79 Å². The van der Waals surface area contributed by atoms with E-state index < -0.39 is 23.3 Å². The molecule has 5 heteroatoms. The summed E-state index contributed by atoms with van der Waals surface area (Å²) < 4.78 is 0. The molecule has 4 amide bonds. The lowest BCUT2D eigenvalue weighted by Crippen LogP contribution is -2.64. The van der Waals surface area contributed by atoms with Gasteiger partial charge in [-0.15, -0.1) is 0 Å². The highest BCUT2D eigenvalue weighted by molar-refractivity contribution is 6.19. The SMILES string of the molecule is CC(C)=CCC1(C(C)C)C(=O)NC(=O)N(C)C1=O. The molecule has 0 aromatic carbocycles. The van der Waals surface area contributed by atoms with Crippen LogP contribution in [0.25, 0.3) is 0 Å². The molecule has 1 aliphatic rings. The first-order valence-electron chi connectivity index (χ1n) is 6.00. The van der Waals surface area contributed by atoms with Crippen LogP contribution in [-0.2, 0) is 9.59 Å². The molecule has 18 heavy (non-hydrogen) atoms. The maximum Gasteiger partial charge on any atom is 0.330 e. The van der Waals surface area contributed by atoms with E-state index >= 15 is 0 Å². The molecule has 100 valence electrons. The van der Waals surface area contributed by atoms with E-state index in [0.29, 0.717) is 6.42 Å². The number of amides is 4. The van der Waals surface area contributed by atoms with Crippen molar-refractivity contribution in [2.45, 2.75) is 34.1 Å². The molecule has 1 unspecified atom stereocenters. The quantitative estimate of drug-likeness (QED) is 0.614. The Morgan fingerprint density at radius 1 is 1.33 bits per heavy atom. The fourth-order valence-electron chi connectivity index (χ4n) is 2.07. The molecule has 0 saturated carbocycles. The van der Waals surface area contributed by atoms with Crippen LogP contribution in [0.1, 0.15) is 34.1 Å². The second-order valence-corrected chi connectivity index (χ2v) is 5.24. The van der Waals surface area contributed by atoms with Gasteiger partial charge < -0.3 is 0 Å². The first-order valence-corrected chi connectivity index (χ1v) is 6.00. The second-order valence-electron chi connectivity index (χ2n) is 5.24. The second kappa shape index (κ2) is 4.92. The molecule has 0 aliphatic carbocycles. The Kier molecular flexibility index (Phi) is 3.94. The number of nitrogens with one attached hydrogen (secondary N) is 1. The van der Waals surface area contributed by atoms with E-state index in [9.17, 15) is 14.4 Å². The number of hydrogen-bond acceptors (Lipinski definition) is 3. The molecule has 0 aromatic rings. The number of barbiturate groups is 1. The van der Waals surface area contributed by atoms with Crippen molar-refractivity contribution in [1.29, 1.82) is 0 Å². The molecule has 0 spiro atoms. The minimum atomic E-state index is -1.18. The zero-order chi connectivity index (χ0) is 14.1. The van der Waals surface area contributed by atoms with Crippen LogP contribution < -0.4 is 5.32 Å². The monoisotopic (exact) mass is 252 g/mol. The normalized spacial score (nSPS) is 24.3. The highest BCUT2D eigenvalue weighted by Crippen LogP contribution is 2.37. The van der Waals surface area contributed by atoms with Crippen molar-refractivity contribution in [2.24, 2.45) is 11.3 Å². The summed E-state index contributed by atoms with van der Waals surface area (Å²) >= 11 is 0. The van der Waals surface area contributed by atoms with Crippen LogP contribution in [0.3, 0.4) is 0 Å².